The van der Waals surface area contributed by atoms with Crippen molar-refractivity contribution in [2.75, 3.05) is 0 Å². The van der Waals surface area contributed by atoms with Gasteiger partial charge in [0.05, 0.1) is 12.1 Å². The van der Waals surface area contributed by atoms with Crippen molar-refractivity contribution in [3.05, 3.63) is 0 Å². The maximum Gasteiger partial charge on any atom is 0.298 e. The fourth-order valence-corrected chi connectivity index (χ4v) is 2.13. The summed E-state index contributed by atoms with van der Waals surface area (Å²) in [5.41, 5.74) is 0.760. The lowest BCUT2D eigenvalue weighted by Crippen LogP contribution is -2.30. The van der Waals surface area contributed by atoms with Gasteiger partial charge in [-0.05, 0) is 45.7 Å². The van der Waals surface area contributed by atoms with Crippen LogP contribution in [0, 0.1) is 0 Å². The highest BCUT2D eigenvalue weighted by Crippen LogP contribution is 2.08. The predicted molar refractivity (Wildman–Crippen MR) is 76.2 cm³/mol. The Kier molecular flexibility index (Phi) is 6.11. The smallest absolute Gasteiger partial charge is 0.298 e. The van der Waals surface area contributed by atoms with Crippen molar-refractivity contribution in [3.63, 3.8) is 0 Å². The van der Waals surface area contributed by atoms with E-state index in [-0.39, 0.29) is 12.4 Å². The Morgan fingerprint density at radius 2 is 1.59 bits per heavy atom. The molecule has 0 aliphatic rings. The summed E-state index contributed by atoms with van der Waals surface area (Å²) in [5, 5.41) is 4.08. The summed E-state index contributed by atoms with van der Waals surface area (Å²) in [5.74, 6) is -0.191. The molecule has 0 aromatic carbocycles. The van der Waals surface area contributed by atoms with Crippen molar-refractivity contribution < 1.29 is 13.7 Å². The maximum atomic E-state index is 11.6. The van der Waals surface area contributed by atoms with Gasteiger partial charge in [-0.25, -0.2) is 0 Å². The van der Waals surface area contributed by atoms with Crippen molar-refractivity contribution in [2.24, 2.45) is 5.16 Å². The fraction of sp³-hybridized carbons (Fsp3) is 0.818. The van der Waals surface area contributed by atoms with E-state index in [1.165, 1.54) is 0 Å². The highest BCUT2D eigenvalue weighted by atomic mass is 28.4. The quantitative estimate of drug-likeness (QED) is 0.424. The average molecular weight is 275 g/mol. The minimum atomic E-state index is -1.80. The van der Waals surface area contributed by atoms with Crippen LogP contribution in [-0.4, -0.2) is 28.3 Å². The van der Waals surface area contributed by atoms with E-state index < -0.39 is 16.6 Å². The zero-order valence-corrected chi connectivity index (χ0v) is 14.1. The van der Waals surface area contributed by atoms with E-state index in [4.69, 9.17) is 8.95 Å². The van der Waals surface area contributed by atoms with Crippen molar-refractivity contribution in [2.45, 2.75) is 59.0 Å². The first-order valence-electron chi connectivity index (χ1n) is 5.99. The molecule has 0 aliphatic carbocycles. The largest absolute Gasteiger partial charge is 0.520 e. The predicted octanol–water partition coefficient (Wildman–Crippen LogP) is 3.37. The van der Waals surface area contributed by atoms with E-state index in [1.807, 2.05) is 26.6 Å². The molecule has 0 aliphatic heterocycles. The minimum absolute atomic E-state index is 0.191. The van der Waals surface area contributed by atoms with Gasteiger partial charge in [-0.2, -0.15) is 0 Å². The molecule has 0 spiro atoms. The standard InChI is InChI=1S/C11H25NO3Si2/c1-8-10(12-15-17(5,6)7)9-11(13)14-16(2,3)4/h8-9H2,1-7H3/b12-10+. The zero-order chi connectivity index (χ0) is 13.7. The van der Waals surface area contributed by atoms with Crippen molar-refractivity contribution in [1.82, 2.24) is 0 Å². The molecular weight excluding hydrogens is 250 g/mol. The van der Waals surface area contributed by atoms with E-state index in [1.54, 1.807) is 0 Å². The average Bonchev–Trinajstić information content (AvgIpc) is 2.07. The van der Waals surface area contributed by atoms with Gasteiger partial charge in [-0.3, -0.25) is 4.79 Å². The van der Waals surface area contributed by atoms with Crippen molar-refractivity contribution in [3.8, 4) is 0 Å². The first kappa shape index (κ1) is 16.4. The number of carbonyl (C=O) groups is 1. The Morgan fingerprint density at radius 3 is 1.94 bits per heavy atom. The normalized spacial score (nSPS) is 13.5. The summed E-state index contributed by atoms with van der Waals surface area (Å²) in [4.78, 5) is 11.6. The topological polar surface area (TPSA) is 47.9 Å². The Balaban J connectivity index is 4.36. The van der Waals surface area contributed by atoms with Crippen LogP contribution in [0.2, 0.25) is 39.3 Å². The first-order valence-corrected chi connectivity index (χ1v) is 12.8. The third-order valence-corrected chi connectivity index (χ3v) is 3.10. The first-order chi connectivity index (χ1) is 7.53. The third kappa shape index (κ3) is 10.3. The lowest BCUT2D eigenvalue weighted by atomic mass is 10.2. The van der Waals surface area contributed by atoms with Crippen molar-refractivity contribution in [1.29, 1.82) is 0 Å². The molecule has 6 heteroatoms. The van der Waals surface area contributed by atoms with Crippen LogP contribution in [0.3, 0.4) is 0 Å². The SMILES string of the molecule is CC/C(CC(=O)O[Si](C)(C)C)=N\O[Si](C)(C)C. The summed E-state index contributed by atoms with van der Waals surface area (Å²) in [6, 6.07) is 0. The van der Waals surface area contributed by atoms with Crippen LogP contribution in [0.5, 0.6) is 0 Å². The van der Waals surface area contributed by atoms with Gasteiger partial charge >= 0.3 is 0 Å². The van der Waals surface area contributed by atoms with Gasteiger partial charge in [0.2, 0.25) is 8.32 Å². The summed E-state index contributed by atoms with van der Waals surface area (Å²) >= 11 is 0. The van der Waals surface area contributed by atoms with Crippen LogP contribution < -0.4 is 0 Å². The molecule has 100 valence electrons. The molecule has 0 bridgehead atoms. The van der Waals surface area contributed by atoms with Gasteiger partial charge in [0.15, 0.2) is 0 Å². The second kappa shape index (κ2) is 6.35. The van der Waals surface area contributed by atoms with Gasteiger partial charge in [-0.15, -0.1) is 5.16 Å². The molecule has 0 N–H and O–H groups in total. The molecule has 0 heterocycles. The zero-order valence-electron chi connectivity index (χ0n) is 12.1. The van der Waals surface area contributed by atoms with Gasteiger partial charge < -0.3 is 8.95 Å². The van der Waals surface area contributed by atoms with Gasteiger partial charge in [0.1, 0.15) is 0 Å². The molecule has 0 aromatic rings. The molecule has 0 radical (unpaired) electrons. The Labute approximate surface area is 107 Å². The lowest BCUT2D eigenvalue weighted by Gasteiger charge is -2.18. The monoisotopic (exact) mass is 275 g/mol. The highest BCUT2D eigenvalue weighted by Gasteiger charge is 2.21. The summed E-state index contributed by atoms with van der Waals surface area (Å²) in [6.45, 7) is 14.1. The summed E-state index contributed by atoms with van der Waals surface area (Å²) in [6.07, 6.45) is 0.955. The number of nitrogens with zero attached hydrogens (tertiary/aromatic N) is 1. The lowest BCUT2D eigenvalue weighted by molar-refractivity contribution is -0.133. The number of carbonyl (C=O) groups excluding carboxylic acids is 1. The molecule has 0 rings (SSSR count). The van der Waals surface area contributed by atoms with Crippen LogP contribution in [0.25, 0.3) is 0 Å². The Hall–Kier alpha value is -0.626. The molecular formula is C11H25NO3Si2. The number of hydrogen-bond donors (Lipinski definition) is 0. The van der Waals surface area contributed by atoms with Crippen LogP contribution >= 0.6 is 0 Å². The molecule has 0 fully saturated rings. The van der Waals surface area contributed by atoms with Crippen LogP contribution in [0.4, 0.5) is 0 Å². The van der Waals surface area contributed by atoms with Crippen LogP contribution in [0.1, 0.15) is 19.8 Å². The van der Waals surface area contributed by atoms with Crippen LogP contribution in [-0.2, 0) is 13.7 Å². The highest BCUT2D eigenvalue weighted by molar-refractivity contribution is 6.71. The van der Waals surface area contributed by atoms with Gasteiger partial charge in [-0.1, -0.05) is 6.92 Å². The summed E-state index contributed by atoms with van der Waals surface area (Å²) < 4.78 is 10.8. The molecule has 0 amide bonds. The molecule has 17 heavy (non-hydrogen) atoms. The van der Waals surface area contributed by atoms with Crippen molar-refractivity contribution >= 4 is 28.3 Å². The number of hydrogen-bond acceptors (Lipinski definition) is 4. The third-order valence-electron chi connectivity index (χ3n) is 1.63. The molecule has 0 saturated heterocycles. The molecule has 0 unspecified atom stereocenters. The molecule has 0 aromatic heterocycles. The minimum Gasteiger partial charge on any atom is -0.520 e. The molecule has 4 nitrogen and oxygen atoms in total. The Bertz CT molecular complexity index is 290. The van der Waals surface area contributed by atoms with E-state index in [0.717, 1.165) is 5.71 Å². The van der Waals surface area contributed by atoms with E-state index >= 15 is 0 Å². The van der Waals surface area contributed by atoms with Gasteiger partial charge in [0, 0.05) is 0 Å². The Morgan fingerprint density at radius 1 is 1.06 bits per heavy atom. The number of oxime groups is 1. The summed E-state index contributed by atoms with van der Waals surface area (Å²) in [7, 11) is -3.46. The molecule has 0 atom stereocenters. The maximum absolute atomic E-state index is 11.6. The molecule has 0 saturated carbocycles. The fourth-order valence-electron chi connectivity index (χ4n) is 0.968. The van der Waals surface area contributed by atoms with E-state index in [0.29, 0.717) is 6.42 Å². The van der Waals surface area contributed by atoms with E-state index in [9.17, 15) is 4.79 Å². The second-order valence-corrected chi connectivity index (χ2v) is 14.8. The number of rotatable bonds is 6. The second-order valence-electron chi connectivity index (χ2n) is 5.98. The van der Waals surface area contributed by atoms with Crippen LogP contribution in [0.15, 0.2) is 5.16 Å². The van der Waals surface area contributed by atoms with E-state index in [2.05, 4.69) is 24.8 Å². The van der Waals surface area contributed by atoms with Gasteiger partial charge in [0.25, 0.3) is 14.3 Å².